The topological polar surface area (TPSA) is 95.9 Å². The van der Waals surface area contributed by atoms with Crippen molar-refractivity contribution in [2.45, 2.75) is 6.10 Å². The van der Waals surface area contributed by atoms with Crippen LogP contribution in [0.5, 0.6) is 18.0 Å². The normalized spacial score (nSPS) is 15.5. The summed E-state index contributed by atoms with van der Waals surface area (Å²) < 4.78 is 89.3. The quantitative estimate of drug-likeness (QED) is 0.144. The van der Waals surface area contributed by atoms with Crippen molar-refractivity contribution >= 4 is 12.0 Å². The van der Waals surface area contributed by atoms with Crippen LogP contribution in [0.4, 0.5) is 22.0 Å². The summed E-state index contributed by atoms with van der Waals surface area (Å²) in [6.45, 7) is 7.37. The minimum absolute atomic E-state index is 0.00892. The Kier molecular flexibility index (Phi) is 9.49. The summed E-state index contributed by atoms with van der Waals surface area (Å²) in [5, 5.41) is 0. The number of carbonyl (C=O) groups excluding carboxylic acids is 1. The zero-order valence-electron chi connectivity index (χ0n) is 19.3. The van der Waals surface area contributed by atoms with E-state index in [0.29, 0.717) is 12.2 Å². The molecule has 1 saturated heterocycles. The average Bonchev–Trinajstić information content (AvgIpc) is 2.91. The molecular formula is C23H21F5N4O5. The maximum atomic E-state index is 13.8. The Balaban J connectivity index is 1.65. The first-order valence-corrected chi connectivity index (χ1v) is 10.7. The minimum atomic E-state index is -2.29. The summed E-state index contributed by atoms with van der Waals surface area (Å²) >= 11 is 0. The minimum Gasteiger partial charge on any atom is -0.460 e. The Morgan fingerprint density at radius 2 is 1.41 bits per heavy atom. The van der Waals surface area contributed by atoms with Crippen LogP contribution < -0.4 is 14.2 Å². The van der Waals surface area contributed by atoms with Gasteiger partial charge in [0.1, 0.15) is 25.9 Å². The van der Waals surface area contributed by atoms with Gasteiger partial charge in [0.15, 0.2) is 23.3 Å². The van der Waals surface area contributed by atoms with Gasteiger partial charge in [-0.15, -0.1) is 15.0 Å². The second-order valence-corrected chi connectivity index (χ2v) is 7.29. The number of halogens is 5. The maximum absolute atomic E-state index is 13.8. The Labute approximate surface area is 207 Å². The van der Waals surface area contributed by atoms with Crippen LogP contribution in [-0.2, 0) is 9.53 Å². The van der Waals surface area contributed by atoms with Crippen LogP contribution in [0.25, 0.3) is 6.08 Å². The fourth-order valence-electron chi connectivity index (χ4n) is 3.00. The molecule has 0 radical (unpaired) electrons. The Hall–Kier alpha value is -4.07. The third-order valence-corrected chi connectivity index (χ3v) is 4.72. The highest BCUT2D eigenvalue weighted by Gasteiger charge is 2.26. The van der Waals surface area contributed by atoms with Crippen molar-refractivity contribution in [3.8, 4) is 18.0 Å². The molecule has 1 aromatic heterocycles. The first-order valence-electron chi connectivity index (χ1n) is 10.7. The molecule has 9 nitrogen and oxygen atoms in total. The molecule has 1 aliphatic heterocycles. The van der Waals surface area contributed by atoms with Gasteiger partial charge >= 0.3 is 18.0 Å². The van der Waals surface area contributed by atoms with Gasteiger partial charge in [0.25, 0.3) is 0 Å². The van der Waals surface area contributed by atoms with Crippen LogP contribution in [0, 0.1) is 29.1 Å². The summed E-state index contributed by atoms with van der Waals surface area (Å²) in [4.78, 5) is 25.7. The lowest BCUT2D eigenvalue weighted by atomic mass is 10.1. The number of hydrogen-bond acceptors (Lipinski definition) is 8. The number of amides is 1. The van der Waals surface area contributed by atoms with Gasteiger partial charge in [-0.05, 0) is 6.08 Å². The van der Waals surface area contributed by atoms with Gasteiger partial charge in [-0.3, -0.25) is 4.79 Å². The summed E-state index contributed by atoms with van der Waals surface area (Å²) in [6, 6.07) is -0.307. The lowest BCUT2D eigenvalue weighted by molar-refractivity contribution is -0.134. The maximum Gasteiger partial charge on any atom is 0.326 e. The van der Waals surface area contributed by atoms with Crippen molar-refractivity contribution in [3.05, 3.63) is 66.0 Å². The standard InChI is InChI=1S/C23H21F5N4O5/c1-3-8-35-21-29-22(36-9-4-2)31-23(30-21)37-12-13-11-32(7-10-34-13)15(33)6-5-14-16(24)18(26)20(28)19(27)17(14)25/h3-6,13H,1-2,7-12H2/b6-5+. The summed E-state index contributed by atoms with van der Waals surface area (Å²) in [6.07, 6.45) is 3.54. The number of nitrogens with zero attached hydrogens (tertiary/aromatic N) is 4. The lowest BCUT2D eigenvalue weighted by Crippen LogP contribution is -2.47. The van der Waals surface area contributed by atoms with E-state index in [1.54, 1.807) is 0 Å². The molecule has 37 heavy (non-hydrogen) atoms. The van der Waals surface area contributed by atoms with E-state index in [0.717, 1.165) is 0 Å². The lowest BCUT2D eigenvalue weighted by Gasteiger charge is -2.32. The van der Waals surface area contributed by atoms with Gasteiger partial charge < -0.3 is 23.8 Å². The zero-order valence-corrected chi connectivity index (χ0v) is 19.3. The van der Waals surface area contributed by atoms with Crippen LogP contribution in [0.3, 0.4) is 0 Å². The van der Waals surface area contributed by atoms with Crippen LogP contribution in [-0.4, -0.2) is 71.4 Å². The first kappa shape index (κ1) is 27.5. The molecular weight excluding hydrogens is 507 g/mol. The van der Waals surface area contributed by atoms with E-state index >= 15 is 0 Å². The second-order valence-electron chi connectivity index (χ2n) is 7.29. The number of rotatable bonds is 11. The monoisotopic (exact) mass is 528 g/mol. The average molecular weight is 528 g/mol. The molecule has 2 heterocycles. The highest BCUT2D eigenvalue weighted by Crippen LogP contribution is 2.24. The molecule has 0 bridgehead atoms. The SMILES string of the molecule is C=CCOc1nc(OCC=C)nc(OCC2CN(C(=O)/C=C/c3c(F)c(F)c(F)c(F)c3F)CCO2)n1. The molecule has 1 aliphatic rings. The molecule has 0 spiro atoms. The molecule has 1 atom stereocenters. The molecule has 0 saturated carbocycles. The number of benzene rings is 1. The van der Waals surface area contributed by atoms with Crippen molar-refractivity contribution in [3.63, 3.8) is 0 Å². The van der Waals surface area contributed by atoms with E-state index in [1.165, 1.54) is 17.1 Å². The number of aromatic nitrogens is 3. The van der Waals surface area contributed by atoms with Gasteiger partial charge in [0.05, 0.1) is 18.7 Å². The van der Waals surface area contributed by atoms with Gasteiger partial charge in [-0.2, -0.15) is 0 Å². The van der Waals surface area contributed by atoms with E-state index in [2.05, 4.69) is 28.1 Å². The predicted octanol–water partition coefficient (Wildman–Crippen LogP) is 3.02. The van der Waals surface area contributed by atoms with Crippen molar-refractivity contribution < 1.29 is 45.7 Å². The smallest absolute Gasteiger partial charge is 0.326 e. The van der Waals surface area contributed by atoms with Crippen LogP contribution in [0.1, 0.15) is 5.56 Å². The Bertz CT molecular complexity index is 1140. The molecule has 1 unspecified atom stereocenters. The van der Waals surface area contributed by atoms with Crippen LogP contribution in [0.15, 0.2) is 31.4 Å². The van der Waals surface area contributed by atoms with Gasteiger partial charge in [0.2, 0.25) is 11.7 Å². The van der Waals surface area contributed by atoms with E-state index in [4.69, 9.17) is 18.9 Å². The summed E-state index contributed by atoms with van der Waals surface area (Å²) in [5.74, 6) is -11.3. The zero-order chi connectivity index (χ0) is 26.9. The molecule has 0 N–H and O–H groups in total. The van der Waals surface area contributed by atoms with Crippen LogP contribution in [0.2, 0.25) is 0 Å². The number of carbonyl (C=O) groups is 1. The second kappa shape index (κ2) is 12.8. The van der Waals surface area contributed by atoms with Crippen LogP contribution >= 0.6 is 0 Å². The van der Waals surface area contributed by atoms with Crippen molar-refractivity contribution in [2.75, 3.05) is 39.5 Å². The molecule has 1 amide bonds. The molecule has 14 heteroatoms. The largest absolute Gasteiger partial charge is 0.460 e. The summed E-state index contributed by atoms with van der Waals surface area (Å²) in [5.41, 5.74) is -1.23. The molecule has 2 aromatic rings. The highest BCUT2D eigenvalue weighted by molar-refractivity contribution is 5.92. The van der Waals surface area contributed by atoms with Crippen molar-refractivity contribution in [2.24, 2.45) is 0 Å². The van der Waals surface area contributed by atoms with E-state index in [-0.39, 0.29) is 57.5 Å². The third kappa shape index (κ3) is 7.00. The molecule has 1 fully saturated rings. The fourth-order valence-corrected chi connectivity index (χ4v) is 3.00. The van der Waals surface area contributed by atoms with E-state index in [9.17, 15) is 26.7 Å². The number of ether oxygens (including phenoxy) is 4. The third-order valence-electron chi connectivity index (χ3n) is 4.72. The predicted molar refractivity (Wildman–Crippen MR) is 118 cm³/mol. The van der Waals surface area contributed by atoms with E-state index < -0.39 is 46.7 Å². The molecule has 1 aromatic carbocycles. The van der Waals surface area contributed by atoms with Crippen molar-refractivity contribution in [1.82, 2.24) is 19.9 Å². The highest BCUT2D eigenvalue weighted by atomic mass is 19.2. The summed E-state index contributed by atoms with van der Waals surface area (Å²) in [7, 11) is 0. The van der Waals surface area contributed by atoms with Gasteiger partial charge in [-0.1, -0.05) is 25.3 Å². The molecule has 198 valence electrons. The molecule has 0 aliphatic carbocycles. The fraction of sp³-hybridized carbons (Fsp3) is 0.304. The van der Waals surface area contributed by atoms with E-state index in [1.807, 2.05) is 0 Å². The Morgan fingerprint density at radius 3 is 1.95 bits per heavy atom. The van der Waals surface area contributed by atoms with Gasteiger partial charge in [-0.25, -0.2) is 22.0 Å². The first-order chi connectivity index (χ1) is 17.7. The van der Waals surface area contributed by atoms with Gasteiger partial charge in [0, 0.05) is 12.6 Å². The Morgan fingerprint density at radius 1 is 0.892 bits per heavy atom. The number of morpholine rings is 1. The van der Waals surface area contributed by atoms with Crippen molar-refractivity contribution in [1.29, 1.82) is 0 Å². The number of hydrogen-bond donors (Lipinski definition) is 0. The molecule has 3 rings (SSSR count).